The fourth-order valence-electron chi connectivity index (χ4n) is 2.69. The molecule has 0 bridgehead atoms. The van der Waals surface area contributed by atoms with E-state index in [9.17, 15) is 33.9 Å². The van der Waals surface area contributed by atoms with E-state index in [4.69, 9.17) is 17.2 Å². The average molecular weight is 501 g/mol. The van der Waals surface area contributed by atoms with E-state index in [-0.39, 0.29) is 25.0 Å². The molecule has 1 rings (SSSR count). The molecule has 0 aliphatic carbocycles. The predicted molar refractivity (Wildman–Crippen MR) is 120 cm³/mol. The van der Waals surface area contributed by atoms with Crippen molar-refractivity contribution in [3.05, 3.63) is 18.2 Å². The summed E-state index contributed by atoms with van der Waals surface area (Å²) in [7, 11) is 0. The first-order chi connectivity index (χ1) is 15.9. The van der Waals surface area contributed by atoms with Crippen LogP contribution in [0.15, 0.2) is 12.5 Å². The summed E-state index contributed by atoms with van der Waals surface area (Å²) in [4.78, 5) is 78.2. The van der Waals surface area contributed by atoms with Crippen LogP contribution in [0.4, 0.5) is 0 Å². The Morgan fingerprint density at radius 3 is 2.06 bits per heavy atom. The number of aliphatic carboxylic acids is 1. The quantitative estimate of drug-likeness (QED) is 0.106. The molecule has 0 aromatic carbocycles. The zero-order valence-corrected chi connectivity index (χ0v) is 18.9. The number of hydrogen-bond acceptors (Lipinski definition) is 9. The van der Waals surface area contributed by atoms with E-state index in [0.717, 1.165) is 0 Å². The molecule has 0 aliphatic rings. The topological polar surface area (TPSA) is 265 Å². The highest BCUT2D eigenvalue weighted by Crippen LogP contribution is 2.04. The summed E-state index contributed by atoms with van der Waals surface area (Å²) in [5, 5.41) is 16.2. The number of nitrogens with two attached hydrogens (primary N) is 3. The lowest BCUT2D eigenvalue weighted by Gasteiger charge is -2.24. The fourth-order valence-corrected chi connectivity index (χ4v) is 2.85. The molecule has 0 saturated heterocycles. The monoisotopic (exact) mass is 500 g/mol. The van der Waals surface area contributed by atoms with Gasteiger partial charge in [0.2, 0.25) is 29.5 Å². The smallest absolute Gasteiger partial charge is 0.326 e. The van der Waals surface area contributed by atoms with Gasteiger partial charge in [0.15, 0.2) is 0 Å². The summed E-state index contributed by atoms with van der Waals surface area (Å²) in [5.74, 6) is -5.82. The summed E-state index contributed by atoms with van der Waals surface area (Å²) >= 11 is 3.88. The predicted octanol–water partition coefficient (Wildman–Crippen LogP) is -4.11. The number of primary amides is 2. The third-order valence-electron chi connectivity index (χ3n) is 4.48. The standard InChI is InChI=1S/C18H28N8O7S/c19-9(6-34)15(29)25-11(4-14(21)28)17(31)24-10(1-2-13(20)27)16(30)26-12(18(32)33)3-8-5-22-7-23-8/h5,7,9-12,34H,1-4,6,19H2,(H2,20,27)(H2,21,28)(H,22,23)(H,24,31)(H,25,29)(H,26,30)(H,32,33). The maximum Gasteiger partial charge on any atom is 0.326 e. The van der Waals surface area contributed by atoms with Crippen molar-refractivity contribution >= 4 is 48.1 Å². The van der Waals surface area contributed by atoms with Crippen molar-refractivity contribution in [3.63, 3.8) is 0 Å². The summed E-state index contributed by atoms with van der Waals surface area (Å²) < 4.78 is 0. The molecule has 0 fully saturated rings. The van der Waals surface area contributed by atoms with Gasteiger partial charge in [-0.3, -0.25) is 24.0 Å². The molecular weight excluding hydrogens is 472 g/mol. The molecule has 1 aromatic heterocycles. The number of nitrogens with zero attached hydrogens (tertiary/aromatic N) is 1. The zero-order chi connectivity index (χ0) is 25.8. The van der Waals surface area contributed by atoms with Crippen LogP contribution in [0.25, 0.3) is 0 Å². The number of aromatic nitrogens is 2. The van der Waals surface area contributed by atoms with Gasteiger partial charge in [0.25, 0.3) is 0 Å². The molecule has 0 radical (unpaired) electrons. The van der Waals surface area contributed by atoms with E-state index >= 15 is 0 Å². The first-order valence-corrected chi connectivity index (χ1v) is 10.6. The van der Waals surface area contributed by atoms with Crippen LogP contribution in [0.3, 0.4) is 0 Å². The van der Waals surface area contributed by atoms with Gasteiger partial charge in [0.05, 0.1) is 18.8 Å². The number of thiol groups is 1. The highest BCUT2D eigenvalue weighted by atomic mass is 32.1. The van der Waals surface area contributed by atoms with Crippen molar-refractivity contribution < 1.29 is 33.9 Å². The molecule has 34 heavy (non-hydrogen) atoms. The van der Waals surface area contributed by atoms with Gasteiger partial charge in [-0.1, -0.05) is 0 Å². The molecule has 5 amide bonds. The number of imidazole rings is 1. The molecule has 0 saturated carbocycles. The number of rotatable bonds is 15. The second-order valence-corrected chi connectivity index (χ2v) is 7.63. The molecule has 1 heterocycles. The Bertz CT molecular complexity index is 895. The van der Waals surface area contributed by atoms with Gasteiger partial charge in [0, 0.05) is 30.5 Å². The van der Waals surface area contributed by atoms with Gasteiger partial charge < -0.3 is 43.2 Å². The normalized spacial score (nSPS) is 14.2. The lowest BCUT2D eigenvalue weighted by molar-refractivity contribution is -0.142. The van der Waals surface area contributed by atoms with Gasteiger partial charge in [-0.2, -0.15) is 12.6 Å². The van der Waals surface area contributed by atoms with Crippen molar-refractivity contribution in [2.24, 2.45) is 17.2 Å². The van der Waals surface area contributed by atoms with E-state index < -0.39 is 66.1 Å². The maximum absolute atomic E-state index is 12.8. The molecule has 0 aliphatic heterocycles. The van der Waals surface area contributed by atoms with Gasteiger partial charge in [-0.25, -0.2) is 9.78 Å². The number of aromatic amines is 1. The molecule has 15 nitrogen and oxygen atoms in total. The summed E-state index contributed by atoms with van der Waals surface area (Å²) in [6.45, 7) is 0. The molecule has 0 spiro atoms. The Morgan fingerprint density at radius 1 is 0.971 bits per heavy atom. The van der Waals surface area contributed by atoms with Gasteiger partial charge in [-0.05, 0) is 6.42 Å². The second-order valence-electron chi connectivity index (χ2n) is 7.27. The third-order valence-corrected chi connectivity index (χ3v) is 4.87. The maximum atomic E-state index is 12.8. The van der Waals surface area contributed by atoms with Crippen molar-refractivity contribution in [1.82, 2.24) is 25.9 Å². The molecule has 188 valence electrons. The zero-order valence-electron chi connectivity index (χ0n) is 18.0. The highest BCUT2D eigenvalue weighted by molar-refractivity contribution is 7.80. The van der Waals surface area contributed by atoms with Crippen molar-refractivity contribution in [2.45, 2.75) is 49.9 Å². The van der Waals surface area contributed by atoms with E-state index in [2.05, 4.69) is 38.5 Å². The fraction of sp³-hybridized carbons (Fsp3) is 0.500. The number of amides is 5. The van der Waals surface area contributed by atoms with Crippen molar-refractivity contribution in [2.75, 3.05) is 5.75 Å². The number of carboxylic acid groups (broad SMARTS) is 1. The van der Waals surface area contributed by atoms with Crippen LogP contribution in [0.2, 0.25) is 0 Å². The number of carboxylic acids is 1. The Morgan fingerprint density at radius 2 is 1.56 bits per heavy atom. The van der Waals surface area contributed by atoms with Crippen LogP contribution in [0.1, 0.15) is 25.0 Å². The average Bonchev–Trinajstić information content (AvgIpc) is 3.27. The van der Waals surface area contributed by atoms with Crippen LogP contribution < -0.4 is 33.2 Å². The lowest BCUT2D eigenvalue weighted by atomic mass is 10.1. The Hall–Kier alpha value is -3.66. The molecule has 4 atom stereocenters. The SMILES string of the molecule is NC(=O)CCC(NC(=O)C(CC(N)=O)NC(=O)C(N)CS)C(=O)NC(Cc1cnc[nH]1)C(=O)O. The van der Waals surface area contributed by atoms with Crippen molar-refractivity contribution in [1.29, 1.82) is 0 Å². The van der Waals surface area contributed by atoms with E-state index in [1.807, 2.05) is 0 Å². The van der Waals surface area contributed by atoms with Gasteiger partial charge in [0.1, 0.15) is 18.1 Å². The molecular formula is C18H28N8O7S. The number of hydrogen-bond donors (Lipinski definition) is 9. The summed E-state index contributed by atoms with van der Waals surface area (Å²) in [6.07, 6.45) is 1.35. The largest absolute Gasteiger partial charge is 0.480 e. The molecule has 16 heteroatoms. The lowest BCUT2D eigenvalue weighted by Crippen LogP contribution is -2.58. The number of H-pyrrole nitrogens is 1. The Labute approximate surface area is 199 Å². The summed E-state index contributed by atoms with van der Waals surface area (Å²) in [5.41, 5.74) is 16.2. The van der Waals surface area contributed by atoms with E-state index in [1.54, 1.807) is 0 Å². The Balaban J connectivity index is 3.01. The number of nitrogens with one attached hydrogen (secondary N) is 4. The molecule has 11 N–H and O–H groups in total. The number of carbonyl (C=O) groups excluding carboxylic acids is 5. The molecule has 1 aromatic rings. The van der Waals surface area contributed by atoms with E-state index in [1.165, 1.54) is 12.5 Å². The summed E-state index contributed by atoms with van der Waals surface area (Å²) in [6, 6.07) is -5.38. The highest BCUT2D eigenvalue weighted by Gasteiger charge is 2.31. The molecule has 4 unspecified atom stereocenters. The first kappa shape index (κ1) is 28.4. The van der Waals surface area contributed by atoms with Crippen LogP contribution in [-0.4, -0.2) is 80.5 Å². The van der Waals surface area contributed by atoms with E-state index in [0.29, 0.717) is 5.69 Å². The van der Waals surface area contributed by atoms with Crippen molar-refractivity contribution in [3.8, 4) is 0 Å². The minimum absolute atomic E-state index is 0.0483. The van der Waals surface area contributed by atoms with Crippen LogP contribution in [0.5, 0.6) is 0 Å². The second kappa shape index (κ2) is 13.8. The minimum Gasteiger partial charge on any atom is -0.480 e. The van der Waals surface area contributed by atoms with Gasteiger partial charge in [-0.15, -0.1) is 0 Å². The van der Waals surface area contributed by atoms with Gasteiger partial charge >= 0.3 is 5.97 Å². The third kappa shape index (κ3) is 9.86. The van der Waals surface area contributed by atoms with Crippen LogP contribution >= 0.6 is 12.6 Å². The van der Waals surface area contributed by atoms with Crippen LogP contribution in [0, 0.1) is 0 Å². The Kier molecular flexibility index (Phi) is 11.5. The van der Waals surface area contributed by atoms with Crippen LogP contribution in [-0.2, 0) is 35.2 Å². The number of carbonyl (C=O) groups is 6. The minimum atomic E-state index is -1.49. The first-order valence-electron chi connectivity index (χ1n) is 9.98.